The minimum Gasteiger partial charge on any atom is -0.367 e. The summed E-state index contributed by atoms with van der Waals surface area (Å²) < 4.78 is 46.4. The highest BCUT2D eigenvalue weighted by Crippen LogP contribution is 2.22. The van der Waals surface area contributed by atoms with Crippen molar-refractivity contribution in [2.24, 2.45) is 0 Å². The van der Waals surface area contributed by atoms with E-state index in [1.165, 1.54) is 0 Å². The van der Waals surface area contributed by atoms with Gasteiger partial charge in [0, 0.05) is 31.7 Å². The Kier molecular flexibility index (Phi) is 6.87. The van der Waals surface area contributed by atoms with Gasteiger partial charge in [-0.3, -0.25) is 9.69 Å². The molecule has 1 saturated heterocycles. The smallest absolute Gasteiger partial charge is 0.367 e. The lowest BCUT2D eigenvalue weighted by Crippen LogP contribution is -2.48. The highest BCUT2D eigenvalue weighted by atomic mass is 32.1. The molecule has 0 N–H and O–H groups in total. The molecule has 0 bridgehead atoms. The van der Waals surface area contributed by atoms with Gasteiger partial charge in [0.25, 0.3) is 5.91 Å². The number of carbonyl (C=O) groups is 1. The van der Waals surface area contributed by atoms with Gasteiger partial charge in [-0.15, -0.1) is 11.3 Å². The van der Waals surface area contributed by atoms with E-state index in [4.69, 9.17) is 4.52 Å². The van der Waals surface area contributed by atoms with Crippen LogP contribution >= 0.6 is 11.3 Å². The zero-order valence-corrected chi connectivity index (χ0v) is 17.9. The molecule has 3 aromatic rings. The van der Waals surface area contributed by atoms with Crippen LogP contribution in [-0.2, 0) is 17.9 Å². The molecule has 7 nitrogen and oxygen atoms in total. The van der Waals surface area contributed by atoms with E-state index in [2.05, 4.69) is 19.8 Å². The second-order valence-electron chi connectivity index (χ2n) is 7.36. The highest BCUT2D eigenvalue weighted by molar-refractivity contribution is 7.13. The second-order valence-corrected chi connectivity index (χ2v) is 8.31. The van der Waals surface area contributed by atoms with Gasteiger partial charge in [-0.05, 0) is 29.1 Å². The van der Waals surface area contributed by atoms with Gasteiger partial charge in [0.1, 0.15) is 6.61 Å². The first-order chi connectivity index (χ1) is 15.4. The predicted octanol–water partition coefficient (Wildman–Crippen LogP) is 3.84. The summed E-state index contributed by atoms with van der Waals surface area (Å²) in [4.78, 5) is 22.0. The van der Waals surface area contributed by atoms with Crippen LogP contribution < -0.4 is 0 Å². The maximum atomic E-state index is 12.7. The first-order valence-electron chi connectivity index (χ1n) is 9.99. The molecule has 1 aliphatic heterocycles. The number of hydrogen-bond donors (Lipinski definition) is 0. The normalized spacial score (nSPS) is 15.3. The number of nitrogens with zero attached hydrogens (tertiary/aromatic N) is 4. The summed E-state index contributed by atoms with van der Waals surface area (Å²) in [5.74, 6) is 1.01. The zero-order valence-electron chi connectivity index (χ0n) is 17.0. The maximum Gasteiger partial charge on any atom is 0.411 e. The maximum absolute atomic E-state index is 12.7. The average molecular weight is 466 g/mol. The summed E-state index contributed by atoms with van der Waals surface area (Å²) in [6.45, 7) is 1.53. The number of alkyl halides is 3. The third-order valence-corrected chi connectivity index (χ3v) is 5.83. The monoisotopic (exact) mass is 466 g/mol. The third-order valence-electron chi connectivity index (χ3n) is 4.96. The van der Waals surface area contributed by atoms with Crippen LogP contribution in [0, 0.1) is 0 Å². The molecule has 11 heteroatoms. The van der Waals surface area contributed by atoms with Crippen molar-refractivity contribution in [3.05, 3.63) is 58.8 Å². The molecule has 32 heavy (non-hydrogen) atoms. The van der Waals surface area contributed by atoms with E-state index >= 15 is 0 Å². The lowest BCUT2D eigenvalue weighted by molar-refractivity contribution is -0.176. The Labute approximate surface area is 186 Å². The Morgan fingerprint density at radius 3 is 2.53 bits per heavy atom. The standard InChI is InChI=1S/C21H21F3N4O3S/c22-21(23,24)14-30-13-15-3-5-16(6-4-15)20(29)28-9-7-27(8-10-28)12-18-25-19(26-31-18)17-2-1-11-32-17/h1-6,11H,7-10,12-14H2. The van der Waals surface area contributed by atoms with E-state index in [0.717, 1.165) is 4.88 Å². The third kappa shape index (κ3) is 5.93. The van der Waals surface area contributed by atoms with Crippen molar-refractivity contribution in [3.63, 3.8) is 0 Å². The molecule has 0 aliphatic carbocycles. The van der Waals surface area contributed by atoms with E-state index in [9.17, 15) is 18.0 Å². The number of amides is 1. The molecule has 0 saturated carbocycles. The summed E-state index contributed by atoms with van der Waals surface area (Å²) in [5.41, 5.74) is 1.08. The summed E-state index contributed by atoms with van der Waals surface area (Å²) >= 11 is 1.55. The number of rotatable bonds is 7. The van der Waals surface area contributed by atoms with Crippen molar-refractivity contribution < 1.29 is 27.2 Å². The number of hydrogen-bond acceptors (Lipinski definition) is 7. The van der Waals surface area contributed by atoms with Crippen LogP contribution in [0.5, 0.6) is 0 Å². The first kappa shape index (κ1) is 22.4. The number of aromatic nitrogens is 2. The molecular weight excluding hydrogens is 445 g/mol. The lowest BCUT2D eigenvalue weighted by atomic mass is 10.1. The Morgan fingerprint density at radius 2 is 1.88 bits per heavy atom. The average Bonchev–Trinajstić information content (AvgIpc) is 3.45. The molecule has 0 spiro atoms. The first-order valence-corrected chi connectivity index (χ1v) is 10.9. The molecule has 2 aromatic heterocycles. The summed E-state index contributed by atoms with van der Waals surface area (Å²) in [6, 6.07) is 10.3. The molecule has 1 aromatic carbocycles. The van der Waals surface area contributed by atoms with Crippen molar-refractivity contribution in [1.29, 1.82) is 0 Å². The van der Waals surface area contributed by atoms with E-state index in [0.29, 0.717) is 55.6 Å². The molecule has 0 radical (unpaired) electrons. The molecule has 1 fully saturated rings. The summed E-state index contributed by atoms with van der Waals surface area (Å²) in [7, 11) is 0. The number of piperazine rings is 1. The van der Waals surface area contributed by atoms with Crippen LogP contribution in [0.3, 0.4) is 0 Å². The van der Waals surface area contributed by atoms with Crippen LogP contribution in [0.1, 0.15) is 21.8 Å². The van der Waals surface area contributed by atoms with Crippen LogP contribution in [0.2, 0.25) is 0 Å². The zero-order chi connectivity index (χ0) is 22.6. The van der Waals surface area contributed by atoms with Crippen molar-refractivity contribution in [2.45, 2.75) is 19.3 Å². The molecule has 1 aliphatic rings. The van der Waals surface area contributed by atoms with Crippen molar-refractivity contribution in [1.82, 2.24) is 19.9 Å². The SMILES string of the molecule is O=C(c1ccc(COCC(F)(F)F)cc1)N1CCN(Cc2nc(-c3cccs3)no2)CC1. The highest BCUT2D eigenvalue weighted by Gasteiger charge is 2.27. The van der Waals surface area contributed by atoms with Gasteiger partial charge in [-0.1, -0.05) is 23.4 Å². The van der Waals surface area contributed by atoms with Crippen LogP contribution in [0.4, 0.5) is 13.2 Å². The molecule has 3 heterocycles. The topological polar surface area (TPSA) is 71.7 Å². The van der Waals surface area contributed by atoms with Gasteiger partial charge in [-0.2, -0.15) is 18.2 Å². The van der Waals surface area contributed by atoms with Gasteiger partial charge in [-0.25, -0.2) is 0 Å². The molecule has 4 rings (SSSR count). The molecule has 0 unspecified atom stereocenters. The molecule has 170 valence electrons. The Balaban J connectivity index is 1.24. The molecule has 1 amide bonds. The fourth-order valence-corrected chi connectivity index (χ4v) is 3.99. The largest absolute Gasteiger partial charge is 0.411 e. The molecule has 0 atom stereocenters. The quantitative estimate of drug-likeness (QED) is 0.527. The Hall–Kier alpha value is -2.76. The fraction of sp³-hybridized carbons (Fsp3) is 0.381. The van der Waals surface area contributed by atoms with E-state index in [-0.39, 0.29) is 12.5 Å². The van der Waals surface area contributed by atoms with E-state index in [1.807, 2.05) is 17.5 Å². The van der Waals surface area contributed by atoms with Gasteiger partial charge in [0.2, 0.25) is 11.7 Å². The van der Waals surface area contributed by atoms with Gasteiger partial charge < -0.3 is 14.2 Å². The van der Waals surface area contributed by atoms with Crippen molar-refractivity contribution in [2.75, 3.05) is 32.8 Å². The number of carbonyl (C=O) groups excluding carboxylic acids is 1. The lowest BCUT2D eigenvalue weighted by Gasteiger charge is -2.34. The van der Waals surface area contributed by atoms with Crippen molar-refractivity contribution in [3.8, 4) is 10.7 Å². The predicted molar refractivity (Wildman–Crippen MR) is 111 cm³/mol. The van der Waals surface area contributed by atoms with E-state index in [1.54, 1.807) is 40.5 Å². The number of benzene rings is 1. The van der Waals surface area contributed by atoms with Gasteiger partial charge >= 0.3 is 6.18 Å². The Bertz CT molecular complexity index is 1010. The van der Waals surface area contributed by atoms with Crippen LogP contribution in [0.15, 0.2) is 46.3 Å². The fourth-order valence-electron chi connectivity index (χ4n) is 3.34. The molecular formula is C21H21F3N4O3S. The second kappa shape index (κ2) is 9.80. The van der Waals surface area contributed by atoms with Crippen molar-refractivity contribution >= 4 is 17.2 Å². The summed E-state index contributed by atoms with van der Waals surface area (Å²) in [6.07, 6.45) is -4.35. The van der Waals surface area contributed by atoms with Crippen LogP contribution in [-0.4, -0.2) is 64.8 Å². The van der Waals surface area contributed by atoms with Gasteiger partial charge in [0.05, 0.1) is 18.0 Å². The minimum atomic E-state index is -4.35. The number of thiophene rings is 1. The number of halogens is 3. The van der Waals surface area contributed by atoms with E-state index < -0.39 is 12.8 Å². The van der Waals surface area contributed by atoms with Gasteiger partial charge in [0.15, 0.2) is 0 Å². The van der Waals surface area contributed by atoms with Crippen LogP contribution in [0.25, 0.3) is 10.7 Å². The number of ether oxygens (including phenoxy) is 1. The Morgan fingerprint density at radius 1 is 1.12 bits per heavy atom. The minimum absolute atomic E-state index is 0.106. The summed E-state index contributed by atoms with van der Waals surface area (Å²) in [5, 5.41) is 5.97.